The second kappa shape index (κ2) is 7.63. The quantitative estimate of drug-likeness (QED) is 0.243. The van der Waals surface area contributed by atoms with Gasteiger partial charge in [0.05, 0.1) is 13.2 Å². The molecule has 2 heterocycles. The molecule has 2 rings (SSSR count). The smallest absolute Gasteiger partial charge is 0.186 e. The van der Waals surface area contributed by atoms with E-state index in [2.05, 4.69) is 0 Å². The van der Waals surface area contributed by atoms with Gasteiger partial charge in [0.1, 0.15) is 48.8 Å². The molecule has 0 spiro atoms. The molecular formula is C12H22O11. The predicted octanol–water partition coefficient (Wildman–Crippen LogP) is -5.40. The minimum absolute atomic E-state index is 0.468. The third-order valence-corrected chi connectivity index (χ3v) is 3.96. The van der Waals surface area contributed by atoms with Crippen LogP contribution in [0.2, 0.25) is 0 Å². The van der Waals surface area contributed by atoms with E-state index in [1.807, 2.05) is 0 Å². The average molecular weight is 342 g/mol. The molecule has 0 saturated carbocycles. The summed E-state index contributed by atoms with van der Waals surface area (Å²) in [5.41, 5.74) is 0. The van der Waals surface area contributed by atoms with Crippen molar-refractivity contribution in [2.75, 3.05) is 13.2 Å². The normalized spacial score (nSPS) is 51.7. The molecule has 3 unspecified atom stereocenters. The Morgan fingerprint density at radius 1 is 0.652 bits per heavy atom. The molecule has 11 nitrogen and oxygen atoms in total. The van der Waals surface area contributed by atoms with Gasteiger partial charge in [0.2, 0.25) is 0 Å². The molecule has 11 heteroatoms. The first-order valence-electron chi connectivity index (χ1n) is 7.07. The Balaban J connectivity index is 1.94. The van der Waals surface area contributed by atoms with Crippen molar-refractivity contribution in [1.29, 1.82) is 0 Å². The van der Waals surface area contributed by atoms with E-state index in [0.29, 0.717) is 0 Å². The molecule has 0 radical (unpaired) electrons. The molecule has 0 aromatic heterocycles. The van der Waals surface area contributed by atoms with Gasteiger partial charge in [-0.1, -0.05) is 0 Å². The maximum Gasteiger partial charge on any atom is 0.186 e. The lowest BCUT2D eigenvalue weighted by Gasteiger charge is -2.41. The van der Waals surface area contributed by atoms with Crippen LogP contribution < -0.4 is 0 Å². The van der Waals surface area contributed by atoms with E-state index >= 15 is 0 Å². The minimum atomic E-state index is -1.74. The zero-order chi connectivity index (χ0) is 17.3. The number of hydrogen-bond donors (Lipinski definition) is 8. The highest BCUT2D eigenvalue weighted by molar-refractivity contribution is 4.91. The monoisotopic (exact) mass is 342 g/mol. The van der Waals surface area contributed by atoms with Crippen LogP contribution in [0.5, 0.6) is 0 Å². The molecule has 10 atom stereocenters. The third kappa shape index (κ3) is 3.81. The average Bonchev–Trinajstić information content (AvgIpc) is 2.54. The van der Waals surface area contributed by atoms with Gasteiger partial charge in [0.25, 0.3) is 0 Å². The molecule has 136 valence electrons. The van der Waals surface area contributed by atoms with Gasteiger partial charge in [-0.05, 0) is 0 Å². The lowest BCUT2D eigenvalue weighted by atomic mass is 9.98. The second-order valence-electron chi connectivity index (χ2n) is 5.57. The van der Waals surface area contributed by atoms with Crippen molar-refractivity contribution in [3.8, 4) is 0 Å². The topological polar surface area (TPSA) is 190 Å². The molecule has 0 bridgehead atoms. The highest BCUT2D eigenvalue weighted by atomic mass is 16.7. The van der Waals surface area contributed by atoms with E-state index in [1.165, 1.54) is 0 Å². The molecule has 0 aliphatic carbocycles. The van der Waals surface area contributed by atoms with Gasteiger partial charge in [-0.25, -0.2) is 0 Å². The summed E-state index contributed by atoms with van der Waals surface area (Å²) in [5.74, 6) is 0. The molecule has 0 aromatic carbocycles. The van der Waals surface area contributed by atoms with E-state index in [4.69, 9.17) is 19.3 Å². The van der Waals surface area contributed by atoms with E-state index < -0.39 is 74.6 Å². The summed E-state index contributed by atoms with van der Waals surface area (Å²) in [6.45, 7) is -1.10. The van der Waals surface area contributed by atoms with Crippen molar-refractivity contribution in [2.45, 2.75) is 61.4 Å². The maximum atomic E-state index is 9.78. The van der Waals surface area contributed by atoms with Crippen LogP contribution in [0.4, 0.5) is 0 Å². The number of ether oxygens (including phenoxy) is 3. The van der Waals surface area contributed by atoms with Crippen molar-refractivity contribution in [2.24, 2.45) is 0 Å². The van der Waals surface area contributed by atoms with Crippen molar-refractivity contribution in [3.63, 3.8) is 0 Å². The Morgan fingerprint density at radius 3 is 1.83 bits per heavy atom. The second-order valence-corrected chi connectivity index (χ2v) is 5.57. The van der Waals surface area contributed by atoms with Gasteiger partial charge in [-0.2, -0.15) is 0 Å². The van der Waals surface area contributed by atoms with Crippen LogP contribution >= 0.6 is 0 Å². The molecule has 2 aliphatic heterocycles. The summed E-state index contributed by atoms with van der Waals surface area (Å²) < 4.78 is 15.1. The Labute approximate surface area is 130 Å². The fourth-order valence-electron chi connectivity index (χ4n) is 2.46. The number of aliphatic hydroxyl groups excluding tert-OH is 8. The summed E-state index contributed by atoms with van der Waals surface area (Å²) >= 11 is 0. The summed E-state index contributed by atoms with van der Waals surface area (Å²) in [5, 5.41) is 76.1. The zero-order valence-corrected chi connectivity index (χ0v) is 12.0. The molecule has 2 aliphatic rings. The standard InChI is InChI=1S/C12H22O11/c13-1-3-5(14)8(17)10(19)12(23-3)21-2-4-6(15)7(16)9(18)11(20)22-4/h3-20H,1-2H2/t3?,4-,5+,6?,7+,8+,9-,10-,11+,12?/m1/s1. The summed E-state index contributed by atoms with van der Waals surface area (Å²) in [6, 6.07) is 0. The van der Waals surface area contributed by atoms with E-state index in [-0.39, 0.29) is 0 Å². The van der Waals surface area contributed by atoms with Crippen LogP contribution in [0, 0.1) is 0 Å². The van der Waals surface area contributed by atoms with Gasteiger partial charge in [0, 0.05) is 0 Å². The molecule has 8 N–H and O–H groups in total. The molecule has 2 saturated heterocycles. The fraction of sp³-hybridized carbons (Fsp3) is 1.00. The molecule has 0 amide bonds. The van der Waals surface area contributed by atoms with E-state index in [1.54, 1.807) is 0 Å². The highest BCUT2D eigenvalue weighted by Crippen LogP contribution is 2.24. The van der Waals surface area contributed by atoms with Crippen LogP contribution in [0.1, 0.15) is 0 Å². The van der Waals surface area contributed by atoms with E-state index in [9.17, 15) is 35.7 Å². The molecule has 0 aromatic rings. The summed E-state index contributed by atoms with van der Waals surface area (Å²) in [6.07, 6.45) is -15.3. The lowest BCUT2D eigenvalue weighted by Crippen LogP contribution is -2.61. The van der Waals surface area contributed by atoms with Crippen LogP contribution in [-0.2, 0) is 14.2 Å². The van der Waals surface area contributed by atoms with Crippen molar-refractivity contribution in [3.05, 3.63) is 0 Å². The first-order valence-corrected chi connectivity index (χ1v) is 7.07. The maximum absolute atomic E-state index is 9.78. The largest absolute Gasteiger partial charge is 0.394 e. The zero-order valence-electron chi connectivity index (χ0n) is 12.0. The van der Waals surface area contributed by atoms with Crippen molar-refractivity contribution >= 4 is 0 Å². The van der Waals surface area contributed by atoms with Gasteiger partial charge in [-0.3, -0.25) is 0 Å². The first kappa shape index (κ1) is 18.9. The fourth-order valence-corrected chi connectivity index (χ4v) is 2.46. The molecule has 23 heavy (non-hydrogen) atoms. The third-order valence-electron chi connectivity index (χ3n) is 3.96. The minimum Gasteiger partial charge on any atom is -0.394 e. The summed E-state index contributed by atoms with van der Waals surface area (Å²) in [7, 11) is 0. The van der Waals surface area contributed by atoms with Crippen molar-refractivity contribution in [1.82, 2.24) is 0 Å². The Hall–Kier alpha value is -0.440. The van der Waals surface area contributed by atoms with Gasteiger partial charge in [0.15, 0.2) is 12.6 Å². The van der Waals surface area contributed by atoms with E-state index in [0.717, 1.165) is 0 Å². The first-order chi connectivity index (χ1) is 10.8. The Bertz CT molecular complexity index is 380. The SMILES string of the molecule is OCC1OC(OC[C@H]2O[C@H](O)[C@H](O)[C@@H](O)C2O)[C@H](O)[C@@H](O)[C@H]1O. The molecular weight excluding hydrogens is 320 g/mol. The highest BCUT2D eigenvalue weighted by Gasteiger charge is 2.46. The van der Waals surface area contributed by atoms with Crippen LogP contribution in [0.3, 0.4) is 0 Å². The number of aliphatic hydroxyl groups is 8. The Kier molecular flexibility index (Phi) is 6.27. The van der Waals surface area contributed by atoms with Gasteiger partial charge >= 0.3 is 0 Å². The number of hydrogen-bond acceptors (Lipinski definition) is 11. The van der Waals surface area contributed by atoms with Crippen LogP contribution in [0.25, 0.3) is 0 Å². The lowest BCUT2D eigenvalue weighted by molar-refractivity contribution is -0.325. The van der Waals surface area contributed by atoms with Crippen LogP contribution in [0.15, 0.2) is 0 Å². The number of rotatable bonds is 4. The van der Waals surface area contributed by atoms with Gasteiger partial charge < -0.3 is 55.1 Å². The van der Waals surface area contributed by atoms with Crippen LogP contribution in [-0.4, -0.2) is 115 Å². The van der Waals surface area contributed by atoms with Crippen molar-refractivity contribution < 1.29 is 55.1 Å². The van der Waals surface area contributed by atoms with Gasteiger partial charge in [-0.15, -0.1) is 0 Å². The predicted molar refractivity (Wildman–Crippen MR) is 68.6 cm³/mol. The molecule has 2 fully saturated rings. The summed E-state index contributed by atoms with van der Waals surface area (Å²) in [4.78, 5) is 0. The Morgan fingerprint density at radius 2 is 1.22 bits per heavy atom.